The predicted octanol–water partition coefficient (Wildman–Crippen LogP) is 4.48. The average Bonchev–Trinajstić information content (AvgIpc) is 2.82. The Kier molecular flexibility index (Phi) is 14.4. The molecule has 0 aliphatic carbocycles. The number of hydrogen-bond acceptors (Lipinski definition) is 9. The summed E-state index contributed by atoms with van der Waals surface area (Å²) >= 11 is 5.75. The minimum atomic E-state index is -1.18. The van der Waals surface area contributed by atoms with E-state index in [9.17, 15) is 24.0 Å². The Bertz CT molecular complexity index is 1110. The topological polar surface area (TPSA) is 162 Å². The molecule has 0 saturated heterocycles. The second-order valence-electron chi connectivity index (χ2n) is 13.0. The zero-order valence-corrected chi connectivity index (χ0v) is 27.5. The molecule has 0 aliphatic rings. The molecule has 0 aromatic carbocycles. The van der Waals surface area contributed by atoms with Crippen LogP contribution in [-0.4, -0.2) is 70.3 Å². The maximum Gasteiger partial charge on any atom is 0.329 e. The van der Waals surface area contributed by atoms with Crippen molar-refractivity contribution in [2.75, 3.05) is 6.54 Å². The fraction of sp³-hybridized carbons (Fsp3) is 0.667. The van der Waals surface area contributed by atoms with Crippen molar-refractivity contribution in [1.29, 1.82) is 0 Å². The molecule has 1 heterocycles. The van der Waals surface area contributed by atoms with Crippen molar-refractivity contribution in [2.45, 2.75) is 123 Å². The van der Waals surface area contributed by atoms with Gasteiger partial charge in [0.05, 0.1) is 5.56 Å². The van der Waals surface area contributed by atoms with Crippen molar-refractivity contribution in [2.24, 2.45) is 0 Å². The third kappa shape index (κ3) is 17.3. The molecule has 0 unspecified atom stereocenters. The number of amides is 3. The van der Waals surface area contributed by atoms with E-state index in [-0.39, 0.29) is 30.3 Å². The highest BCUT2D eigenvalue weighted by molar-refractivity contribution is 6.29. The molecular weight excluding hydrogens is 580 g/mol. The molecule has 0 saturated carbocycles. The summed E-state index contributed by atoms with van der Waals surface area (Å²) in [7, 11) is 0. The molecule has 12 nitrogen and oxygen atoms in total. The number of unbranched alkanes of at least 4 members (excludes halogenated alkanes) is 1. The number of pyridine rings is 1. The molecule has 0 aliphatic heterocycles. The lowest BCUT2D eigenvalue weighted by molar-refractivity contribution is -0.159. The number of halogens is 1. The molecule has 13 heteroatoms. The molecule has 242 valence electrons. The maximum atomic E-state index is 13.0. The second kappa shape index (κ2) is 16.4. The molecule has 1 aromatic heterocycles. The molecule has 3 amide bonds. The van der Waals surface area contributed by atoms with E-state index >= 15 is 0 Å². The lowest BCUT2D eigenvalue weighted by Crippen LogP contribution is -2.53. The molecule has 3 N–H and O–H groups in total. The Hall–Kier alpha value is -3.41. The smallest absolute Gasteiger partial charge is 0.329 e. The first-order valence-electron chi connectivity index (χ1n) is 14.3. The number of esters is 3. The van der Waals surface area contributed by atoms with Gasteiger partial charge in [-0.2, -0.15) is 0 Å². The third-order valence-electron chi connectivity index (χ3n) is 5.25. The number of nitrogens with zero attached hydrogens (tertiary/aromatic N) is 1. The quantitative estimate of drug-likeness (QED) is 0.124. The molecule has 0 radical (unpaired) electrons. The van der Waals surface area contributed by atoms with Crippen LogP contribution in [0.15, 0.2) is 18.3 Å². The SMILES string of the molecule is CC(C)(C)OC(=O)CC[C@H](NC(=O)N[C@@H](CCCCNC(=O)c1ccc(Cl)nc1)C(=O)OC(C)(C)C)C(=O)OC(C)(C)C. The molecule has 1 aromatic rings. The molecule has 0 bridgehead atoms. The molecule has 0 fully saturated rings. The van der Waals surface area contributed by atoms with E-state index in [0.717, 1.165) is 0 Å². The second-order valence-corrected chi connectivity index (χ2v) is 13.4. The van der Waals surface area contributed by atoms with E-state index < -0.39 is 52.8 Å². The summed E-state index contributed by atoms with van der Waals surface area (Å²) in [6.45, 7) is 15.7. The van der Waals surface area contributed by atoms with Crippen molar-refractivity contribution in [3.63, 3.8) is 0 Å². The van der Waals surface area contributed by atoms with Crippen molar-refractivity contribution in [3.8, 4) is 0 Å². The zero-order chi connectivity index (χ0) is 33.0. The van der Waals surface area contributed by atoms with Gasteiger partial charge in [0, 0.05) is 19.2 Å². The summed E-state index contributed by atoms with van der Waals surface area (Å²) in [5, 5.41) is 8.17. The van der Waals surface area contributed by atoms with Crippen LogP contribution in [-0.2, 0) is 28.6 Å². The minimum absolute atomic E-state index is 0.0722. The molecule has 43 heavy (non-hydrogen) atoms. The van der Waals surface area contributed by atoms with E-state index in [4.69, 9.17) is 25.8 Å². The van der Waals surface area contributed by atoms with Crippen LogP contribution < -0.4 is 16.0 Å². The van der Waals surface area contributed by atoms with Crippen molar-refractivity contribution < 1.29 is 38.2 Å². The van der Waals surface area contributed by atoms with Crippen molar-refractivity contribution in [1.82, 2.24) is 20.9 Å². The summed E-state index contributed by atoms with van der Waals surface area (Å²) in [6, 6.07) is 0.0522. The monoisotopic (exact) mass is 626 g/mol. The number of ether oxygens (including phenoxy) is 3. The van der Waals surface area contributed by atoms with Gasteiger partial charge in [-0.15, -0.1) is 0 Å². The van der Waals surface area contributed by atoms with E-state index in [1.165, 1.54) is 12.3 Å². The summed E-state index contributed by atoms with van der Waals surface area (Å²) in [5.41, 5.74) is -1.99. The maximum absolute atomic E-state index is 13.0. The van der Waals surface area contributed by atoms with Crippen LogP contribution in [0.25, 0.3) is 0 Å². The molecule has 0 spiro atoms. The fourth-order valence-corrected chi connectivity index (χ4v) is 3.66. The van der Waals surface area contributed by atoms with E-state index in [1.54, 1.807) is 68.4 Å². The Balaban J connectivity index is 2.85. The largest absolute Gasteiger partial charge is 0.460 e. The number of aromatic nitrogens is 1. The van der Waals surface area contributed by atoms with E-state index in [1.807, 2.05) is 0 Å². The number of hydrogen-bond donors (Lipinski definition) is 3. The highest BCUT2D eigenvalue weighted by Gasteiger charge is 2.31. The Morgan fingerprint density at radius 3 is 1.74 bits per heavy atom. The predicted molar refractivity (Wildman–Crippen MR) is 161 cm³/mol. The van der Waals surface area contributed by atoms with Crippen LogP contribution in [0.5, 0.6) is 0 Å². The summed E-state index contributed by atoms with van der Waals surface area (Å²) in [5.74, 6) is -2.23. The van der Waals surface area contributed by atoms with Crippen LogP contribution in [0.3, 0.4) is 0 Å². The summed E-state index contributed by atoms with van der Waals surface area (Å²) in [6.07, 6.45) is 2.32. The van der Waals surface area contributed by atoms with Crippen LogP contribution in [0.4, 0.5) is 4.79 Å². The van der Waals surface area contributed by atoms with Gasteiger partial charge in [0.2, 0.25) is 0 Å². The van der Waals surface area contributed by atoms with Crippen molar-refractivity contribution in [3.05, 3.63) is 29.0 Å². The summed E-state index contributed by atoms with van der Waals surface area (Å²) in [4.78, 5) is 67.2. The van der Waals surface area contributed by atoms with Crippen LogP contribution in [0.2, 0.25) is 5.15 Å². The zero-order valence-electron chi connectivity index (χ0n) is 26.7. The Labute approximate surface area is 259 Å². The standard InChI is InChI=1S/C30H47ClN4O8/c1-28(2,3)41-23(36)16-14-21(26(39)43-30(7,8)9)35-27(40)34-20(25(38)42-29(4,5)6)12-10-11-17-32-24(37)19-13-15-22(31)33-18-19/h13,15,18,20-21H,10-12,14,16-17H2,1-9H3,(H,32,37)(H2,34,35,40)/t20-,21-/m0/s1. The van der Waals surface area contributed by atoms with Gasteiger partial charge in [-0.05, 0) is 100 Å². The molecular formula is C30H47ClN4O8. The normalized spacial score (nSPS) is 13.3. The van der Waals surface area contributed by atoms with Gasteiger partial charge in [-0.25, -0.2) is 19.4 Å². The third-order valence-corrected chi connectivity index (χ3v) is 5.47. The molecule has 1 rings (SSSR count). The van der Waals surface area contributed by atoms with E-state index in [0.29, 0.717) is 24.9 Å². The van der Waals surface area contributed by atoms with Crippen LogP contribution in [0, 0.1) is 0 Å². The van der Waals surface area contributed by atoms with Gasteiger partial charge >= 0.3 is 23.9 Å². The minimum Gasteiger partial charge on any atom is -0.460 e. The number of carbonyl (C=O) groups is 5. The Morgan fingerprint density at radius 2 is 1.28 bits per heavy atom. The number of rotatable bonds is 13. The molecule has 2 atom stereocenters. The van der Waals surface area contributed by atoms with Gasteiger partial charge in [0.25, 0.3) is 5.91 Å². The first kappa shape index (κ1) is 37.6. The lowest BCUT2D eigenvalue weighted by atomic mass is 10.1. The Morgan fingerprint density at radius 1 is 0.767 bits per heavy atom. The van der Waals surface area contributed by atoms with E-state index in [2.05, 4.69) is 20.9 Å². The summed E-state index contributed by atoms with van der Waals surface area (Å²) < 4.78 is 16.2. The van der Waals surface area contributed by atoms with Crippen molar-refractivity contribution >= 4 is 41.4 Å². The lowest BCUT2D eigenvalue weighted by Gasteiger charge is -2.27. The van der Waals surface area contributed by atoms with Crippen LogP contribution in [0.1, 0.15) is 105 Å². The first-order valence-corrected chi connectivity index (χ1v) is 14.7. The van der Waals surface area contributed by atoms with Gasteiger partial charge in [0.1, 0.15) is 34.0 Å². The highest BCUT2D eigenvalue weighted by atomic mass is 35.5. The fourth-order valence-electron chi connectivity index (χ4n) is 3.54. The number of carbonyl (C=O) groups excluding carboxylic acids is 5. The number of nitrogens with one attached hydrogen (secondary N) is 3. The number of urea groups is 1. The van der Waals surface area contributed by atoms with Gasteiger partial charge < -0.3 is 30.2 Å². The first-order chi connectivity index (χ1) is 19.6. The van der Waals surface area contributed by atoms with Gasteiger partial charge in [-0.3, -0.25) is 9.59 Å². The van der Waals surface area contributed by atoms with Gasteiger partial charge in [0.15, 0.2) is 0 Å². The van der Waals surface area contributed by atoms with Gasteiger partial charge in [-0.1, -0.05) is 11.6 Å². The highest BCUT2D eigenvalue weighted by Crippen LogP contribution is 2.15. The average molecular weight is 627 g/mol. The van der Waals surface area contributed by atoms with Crippen LogP contribution >= 0.6 is 11.6 Å².